The fourth-order valence-corrected chi connectivity index (χ4v) is 5.01. The lowest BCUT2D eigenvalue weighted by atomic mass is 9.81. The average molecular weight is 362 g/mol. The van der Waals surface area contributed by atoms with E-state index in [0.717, 1.165) is 0 Å². The molecule has 0 aromatic heterocycles. The molecule has 0 fully saturated rings. The van der Waals surface area contributed by atoms with E-state index in [1.54, 1.807) is 0 Å². The van der Waals surface area contributed by atoms with Crippen LogP contribution < -0.4 is 0 Å². The van der Waals surface area contributed by atoms with Crippen LogP contribution in [0.3, 0.4) is 0 Å². The zero-order chi connectivity index (χ0) is 19.4. The summed E-state index contributed by atoms with van der Waals surface area (Å²) in [5.74, 6) is 1.83. The molecule has 1 atom stereocenters. The van der Waals surface area contributed by atoms with Gasteiger partial charge in [0.05, 0.1) is 0 Å². The molecule has 3 aromatic carbocycles. The Morgan fingerprint density at radius 1 is 0.571 bits per heavy atom. The topological polar surface area (TPSA) is 0 Å². The van der Waals surface area contributed by atoms with Crippen LogP contribution in [0.5, 0.6) is 0 Å². The van der Waals surface area contributed by atoms with Gasteiger partial charge in [-0.05, 0) is 71.9 Å². The van der Waals surface area contributed by atoms with Gasteiger partial charge in [-0.2, -0.15) is 0 Å². The SMILES string of the molecule is CC1=C(C)C(C)=C(C)[C]1C1C=C(c2cccc3ccccc23)c2ccccc21. The fourth-order valence-electron chi connectivity index (χ4n) is 5.01. The summed E-state index contributed by atoms with van der Waals surface area (Å²) in [6.45, 7) is 9.10. The van der Waals surface area contributed by atoms with Crippen molar-refractivity contribution in [3.8, 4) is 0 Å². The standard InChI is InChI=1S/C28H25/c1-17-18(2)20(4)28(19(17)3)27-16-26(24-13-7-8-14-25(24)27)23-15-9-11-21-10-5-6-12-22(21)23/h5-16,27H,1-4H3. The number of hydrogen-bond acceptors (Lipinski definition) is 0. The first-order valence-electron chi connectivity index (χ1n) is 10.1. The Balaban J connectivity index is 1.73. The second kappa shape index (κ2) is 6.34. The predicted octanol–water partition coefficient (Wildman–Crippen LogP) is 7.63. The van der Waals surface area contributed by atoms with Crippen molar-refractivity contribution < 1.29 is 0 Å². The van der Waals surface area contributed by atoms with Gasteiger partial charge < -0.3 is 0 Å². The van der Waals surface area contributed by atoms with Gasteiger partial charge in [0.25, 0.3) is 0 Å². The Morgan fingerprint density at radius 2 is 1.18 bits per heavy atom. The molecule has 0 heterocycles. The van der Waals surface area contributed by atoms with Gasteiger partial charge in [-0.15, -0.1) is 0 Å². The molecule has 2 aliphatic carbocycles. The summed E-state index contributed by atoms with van der Waals surface area (Å²) in [5, 5.41) is 2.63. The molecule has 0 saturated carbocycles. The Bertz CT molecular complexity index is 1170. The Labute approximate surface area is 167 Å². The van der Waals surface area contributed by atoms with E-state index in [-0.39, 0.29) is 0 Å². The third-order valence-electron chi connectivity index (χ3n) is 6.81. The lowest BCUT2D eigenvalue weighted by Crippen LogP contribution is -2.08. The molecular weight excluding hydrogens is 336 g/mol. The summed E-state index contributed by atoms with van der Waals surface area (Å²) in [6.07, 6.45) is 2.50. The lowest BCUT2D eigenvalue weighted by Gasteiger charge is -2.22. The molecule has 0 amide bonds. The summed E-state index contributed by atoms with van der Waals surface area (Å²) in [7, 11) is 0. The smallest absolute Gasteiger partial charge is 0.0370 e. The van der Waals surface area contributed by atoms with Crippen molar-refractivity contribution >= 4 is 16.3 Å². The second-order valence-electron chi connectivity index (χ2n) is 8.09. The summed E-state index contributed by atoms with van der Waals surface area (Å²) in [4.78, 5) is 0. The molecule has 3 aromatic rings. The molecule has 0 nitrogen and oxygen atoms in total. The molecule has 0 spiro atoms. The second-order valence-corrected chi connectivity index (χ2v) is 8.09. The molecule has 0 N–H and O–H groups in total. The summed E-state index contributed by atoms with van der Waals surface area (Å²) in [5.41, 5.74) is 11.3. The molecule has 0 heteroatoms. The number of fused-ring (bicyclic) bond motifs is 2. The minimum atomic E-state index is 0.331. The third-order valence-corrected chi connectivity index (χ3v) is 6.81. The van der Waals surface area contributed by atoms with Gasteiger partial charge in [0.1, 0.15) is 0 Å². The monoisotopic (exact) mass is 361 g/mol. The van der Waals surface area contributed by atoms with Gasteiger partial charge in [0.15, 0.2) is 0 Å². The van der Waals surface area contributed by atoms with E-state index in [0.29, 0.717) is 5.92 Å². The van der Waals surface area contributed by atoms with E-state index >= 15 is 0 Å². The van der Waals surface area contributed by atoms with Gasteiger partial charge in [-0.25, -0.2) is 0 Å². The summed E-state index contributed by atoms with van der Waals surface area (Å²) in [6, 6.07) is 24.3. The Kier molecular flexibility index (Phi) is 3.91. The van der Waals surface area contributed by atoms with Crippen LogP contribution in [0.4, 0.5) is 0 Å². The van der Waals surface area contributed by atoms with Crippen molar-refractivity contribution in [1.29, 1.82) is 0 Å². The molecule has 137 valence electrons. The molecule has 5 rings (SSSR count). The first-order valence-corrected chi connectivity index (χ1v) is 10.1. The maximum absolute atomic E-state index is 2.50. The van der Waals surface area contributed by atoms with Crippen LogP contribution >= 0.6 is 0 Å². The van der Waals surface area contributed by atoms with Crippen LogP contribution in [0.25, 0.3) is 16.3 Å². The molecular formula is C28H25. The molecule has 0 aliphatic heterocycles. The van der Waals surface area contributed by atoms with E-state index in [2.05, 4.69) is 101 Å². The third kappa shape index (κ3) is 2.37. The predicted molar refractivity (Wildman–Crippen MR) is 120 cm³/mol. The maximum atomic E-state index is 2.50. The number of benzene rings is 3. The fraction of sp³-hybridized carbons (Fsp3) is 0.179. The van der Waals surface area contributed by atoms with Crippen LogP contribution in [0, 0.1) is 5.92 Å². The molecule has 1 radical (unpaired) electrons. The van der Waals surface area contributed by atoms with Gasteiger partial charge in [0, 0.05) is 11.8 Å². The van der Waals surface area contributed by atoms with Gasteiger partial charge in [-0.1, -0.05) is 84.0 Å². The van der Waals surface area contributed by atoms with E-state index in [4.69, 9.17) is 0 Å². The van der Waals surface area contributed by atoms with Crippen LogP contribution in [0.2, 0.25) is 0 Å². The summed E-state index contributed by atoms with van der Waals surface area (Å²) >= 11 is 0. The van der Waals surface area contributed by atoms with Crippen LogP contribution in [-0.2, 0) is 0 Å². The van der Waals surface area contributed by atoms with Crippen molar-refractivity contribution in [2.45, 2.75) is 33.6 Å². The zero-order valence-electron chi connectivity index (χ0n) is 17.0. The summed E-state index contributed by atoms with van der Waals surface area (Å²) < 4.78 is 0. The van der Waals surface area contributed by atoms with Gasteiger partial charge in [0.2, 0.25) is 0 Å². The first kappa shape index (κ1) is 17.3. The van der Waals surface area contributed by atoms with E-state index in [9.17, 15) is 0 Å². The number of allylic oxidation sites excluding steroid dienone is 5. The zero-order valence-corrected chi connectivity index (χ0v) is 17.0. The van der Waals surface area contributed by atoms with Crippen LogP contribution in [0.1, 0.15) is 50.3 Å². The highest BCUT2D eigenvalue weighted by Gasteiger charge is 2.36. The molecule has 2 aliphatic rings. The Morgan fingerprint density at radius 3 is 1.96 bits per heavy atom. The normalized spacial score (nSPS) is 19.6. The molecule has 0 saturated heterocycles. The van der Waals surface area contributed by atoms with E-state index in [1.807, 2.05) is 0 Å². The van der Waals surface area contributed by atoms with E-state index in [1.165, 1.54) is 61.2 Å². The maximum Gasteiger partial charge on any atom is 0.0370 e. The van der Waals surface area contributed by atoms with E-state index < -0.39 is 0 Å². The first-order chi connectivity index (χ1) is 13.6. The van der Waals surface area contributed by atoms with Gasteiger partial charge in [-0.3, -0.25) is 0 Å². The van der Waals surface area contributed by atoms with Crippen molar-refractivity contribution in [3.63, 3.8) is 0 Å². The van der Waals surface area contributed by atoms with Crippen molar-refractivity contribution in [1.82, 2.24) is 0 Å². The molecule has 1 unspecified atom stereocenters. The van der Waals surface area contributed by atoms with Crippen molar-refractivity contribution in [2.75, 3.05) is 0 Å². The Hall–Kier alpha value is -2.86. The highest BCUT2D eigenvalue weighted by molar-refractivity contribution is 6.00. The lowest BCUT2D eigenvalue weighted by molar-refractivity contribution is 0.898. The number of rotatable bonds is 2. The van der Waals surface area contributed by atoms with Crippen molar-refractivity contribution in [2.24, 2.45) is 0 Å². The van der Waals surface area contributed by atoms with Gasteiger partial charge >= 0.3 is 0 Å². The minimum absolute atomic E-state index is 0.331. The van der Waals surface area contributed by atoms with Crippen LogP contribution in [-0.4, -0.2) is 0 Å². The molecule has 0 bridgehead atoms. The number of hydrogen-bond donors (Lipinski definition) is 0. The van der Waals surface area contributed by atoms with Crippen molar-refractivity contribution in [3.05, 3.63) is 118 Å². The highest BCUT2D eigenvalue weighted by Crippen LogP contribution is 2.52. The average Bonchev–Trinajstić information content (AvgIpc) is 3.19. The quantitative estimate of drug-likeness (QED) is 0.440. The largest absolute Gasteiger partial charge is 0.0672 e. The molecule has 28 heavy (non-hydrogen) atoms. The van der Waals surface area contributed by atoms with Crippen LogP contribution in [0.15, 0.2) is 95.1 Å². The highest BCUT2D eigenvalue weighted by atomic mass is 14.4. The minimum Gasteiger partial charge on any atom is -0.0672 e.